The molecule has 4 unspecified atom stereocenters. The van der Waals surface area contributed by atoms with Gasteiger partial charge < -0.3 is 19.9 Å². The van der Waals surface area contributed by atoms with Gasteiger partial charge in [-0.05, 0) is 50.6 Å². The highest BCUT2D eigenvalue weighted by Crippen LogP contribution is 2.34. The topological polar surface area (TPSA) is 96.2 Å². The zero-order valence-electron chi connectivity index (χ0n) is 22.4. The summed E-state index contributed by atoms with van der Waals surface area (Å²) in [5.74, 6) is 1.02. The number of amidine groups is 1. The van der Waals surface area contributed by atoms with E-state index in [0.29, 0.717) is 17.9 Å². The van der Waals surface area contributed by atoms with Gasteiger partial charge in [0.2, 0.25) is 0 Å². The van der Waals surface area contributed by atoms with Gasteiger partial charge in [-0.25, -0.2) is 15.0 Å². The lowest BCUT2D eigenvalue weighted by atomic mass is 9.99. The summed E-state index contributed by atoms with van der Waals surface area (Å²) in [5, 5.41) is 9.38. The van der Waals surface area contributed by atoms with Crippen LogP contribution in [0.2, 0.25) is 0 Å². The highest BCUT2D eigenvalue weighted by atomic mass is 16.5. The lowest BCUT2D eigenvalue weighted by Gasteiger charge is -2.25. The van der Waals surface area contributed by atoms with Gasteiger partial charge in [-0.15, -0.1) is 0 Å². The summed E-state index contributed by atoms with van der Waals surface area (Å²) in [4.78, 5) is 19.9. The number of aliphatic imine (C=N–C) groups is 1. The average molecular weight is 505 g/mol. The number of likely N-dealkylation sites (N-methyl/N-ethyl adjacent to an activating group) is 1. The lowest BCUT2D eigenvalue weighted by Crippen LogP contribution is -2.34. The van der Waals surface area contributed by atoms with E-state index in [0.717, 1.165) is 67.2 Å². The second-order valence-corrected chi connectivity index (χ2v) is 11.5. The zero-order chi connectivity index (χ0) is 25.4. The molecule has 9 nitrogen and oxygen atoms in total. The molecule has 1 aliphatic carbocycles. The van der Waals surface area contributed by atoms with Crippen molar-refractivity contribution in [3.63, 3.8) is 0 Å². The van der Waals surface area contributed by atoms with Gasteiger partial charge in [0, 0.05) is 48.9 Å². The number of aromatic amines is 1. The summed E-state index contributed by atoms with van der Waals surface area (Å²) in [6, 6.07) is 1.49. The number of H-pyrrole nitrogens is 1. The van der Waals surface area contributed by atoms with Crippen LogP contribution in [-0.2, 0) is 11.2 Å². The second-order valence-electron chi connectivity index (χ2n) is 11.5. The molecule has 1 saturated carbocycles. The van der Waals surface area contributed by atoms with Crippen molar-refractivity contribution in [3.05, 3.63) is 30.5 Å². The molecule has 0 aromatic carbocycles. The normalized spacial score (nSPS) is 24.8. The second kappa shape index (κ2) is 10.4. The highest BCUT2D eigenvalue weighted by Gasteiger charge is 2.38. The van der Waals surface area contributed by atoms with Crippen LogP contribution in [-0.4, -0.2) is 74.5 Å². The molecule has 0 radical (unpaired) electrons. The van der Waals surface area contributed by atoms with Crippen molar-refractivity contribution in [2.45, 2.75) is 77.0 Å². The number of fused-ring (bicyclic) bond motifs is 2. The Bertz CT molecular complexity index is 1250. The molecule has 0 spiro atoms. The zero-order valence-corrected chi connectivity index (χ0v) is 22.4. The van der Waals surface area contributed by atoms with Crippen LogP contribution in [0.3, 0.4) is 0 Å². The molecular weight excluding hydrogens is 464 g/mol. The minimum Gasteiger partial charge on any atom is -0.460 e. The summed E-state index contributed by atoms with van der Waals surface area (Å²) in [6.07, 6.45) is 16.4. The standard InChI is InChI=1S/C28H40N8O/c1-18(2)11-20-12-30-27-25(20)26(31-17-32-27)21-13-33-36(16-21)23(14-29-3)19-9-10-35(15-19)28-34-22-7-5-4-6-8-24(22)37-28/h12-13,16-19,22-24,29H,4-11,14-15H2,1-3H3,(H,30,31,32). The first-order chi connectivity index (χ1) is 18.1. The third-order valence-corrected chi connectivity index (χ3v) is 8.30. The minimum atomic E-state index is 0.245. The van der Waals surface area contributed by atoms with E-state index in [-0.39, 0.29) is 12.1 Å². The number of nitrogens with zero attached hydrogens (tertiary/aromatic N) is 6. The average Bonchev–Trinajstić information content (AvgIpc) is 3.68. The van der Waals surface area contributed by atoms with Gasteiger partial charge in [0.1, 0.15) is 18.1 Å². The third kappa shape index (κ3) is 4.85. The molecule has 4 atom stereocenters. The first-order valence-corrected chi connectivity index (χ1v) is 14.1. The molecular formula is C28H40N8O. The van der Waals surface area contributed by atoms with Crippen LogP contribution in [0, 0.1) is 11.8 Å². The van der Waals surface area contributed by atoms with Crippen molar-refractivity contribution in [2.75, 3.05) is 26.7 Å². The quantitative estimate of drug-likeness (QED) is 0.501. The first kappa shape index (κ1) is 24.4. The number of hydrogen-bond acceptors (Lipinski definition) is 7. The van der Waals surface area contributed by atoms with E-state index < -0.39 is 0 Å². The Morgan fingerprint density at radius 1 is 1.16 bits per heavy atom. The van der Waals surface area contributed by atoms with Crippen LogP contribution in [0.25, 0.3) is 22.3 Å². The summed E-state index contributed by atoms with van der Waals surface area (Å²) < 4.78 is 8.52. The van der Waals surface area contributed by atoms with Crippen LogP contribution in [0.4, 0.5) is 0 Å². The predicted octanol–water partition coefficient (Wildman–Crippen LogP) is 4.19. The Balaban J connectivity index is 1.22. The minimum absolute atomic E-state index is 0.245. The lowest BCUT2D eigenvalue weighted by molar-refractivity contribution is 0.156. The monoisotopic (exact) mass is 504 g/mol. The van der Waals surface area contributed by atoms with Crippen molar-refractivity contribution in [1.82, 2.24) is 34.9 Å². The van der Waals surface area contributed by atoms with Gasteiger partial charge in [0.15, 0.2) is 0 Å². The molecule has 6 rings (SSSR count). The van der Waals surface area contributed by atoms with Crippen LogP contribution in [0.15, 0.2) is 29.9 Å². The Kier molecular flexibility index (Phi) is 6.88. The Morgan fingerprint density at radius 2 is 2.05 bits per heavy atom. The van der Waals surface area contributed by atoms with Crippen molar-refractivity contribution >= 4 is 17.1 Å². The maximum atomic E-state index is 6.38. The van der Waals surface area contributed by atoms with Crippen LogP contribution < -0.4 is 5.32 Å². The van der Waals surface area contributed by atoms with Gasteiger partial charge in [-0.1, -0.05) is 26.7 Å². The molecule has 0 bridgehead atoms. The molecule has 5 heterocycles. The maximum Gasteiger partial charge on any atom is 0.288 e. The van der Waals surface area contributed by atoms with E-state index in [1.54, 1.807) is 6.33 Å². The fourth-order valence-electron chi connectivity index (χ4n) is 6.45. The molecule has 2 fully saturated rings. The van der Waals surface area contributed by atoms with E-state index in [1.807, 2.05) is 13.2 Å². The van der Waals surface area contributed by atoms with Crippen molar-refractivity contribution < 1.29 is 4.74 Å². The van der Waals surface area contributed by atoms with E-state index in [1.165, 1.54) is 31.2 Å². The summed E-state index contributed by atoms with van der Waals surface area (Å²) in [7, 11) is 2.02. The van der Waals surface area contributed by atoms with E-state index in [4.69, 9.17) is 19.8 Å². The van der Waals surface area contributed by atoms with Crippen LogP contribution in [0.1, 0.15) is 64.0 Å². The molecule has 9 heteroatoms. The molecule has 1 saturated heterocycles. The molecule has 3 aromatic rings. The van der Waals surface area contributed by atoms with Gasteiger partial charge in [-0.2, -0.15) is 5.10 Å². The van der Waals surface area contributed by atoms with Gasteiger partial charge in [0.25, 0.3) is 6.02 Å². The maximum absolute atomic E-state index is 6.38. The van der Waals surface area contributed by atoms with Crippen LogP contribution >= 0.6 is 0 Å². The van der Waals surface area contributed by atoms with Crippen molar-refractivity contribution in [3.8, 4) is 11.3 Å². The van der Waals surface area contributed by atoms with E-state index in [9.17, 15) is 0 Å². The number of nitrogens with one attached hydrogen (secondary N) is 2. The Labute approximate surface area is 219 Å². The molecule has 37 heavy (non-hydrogen) atoms. The third-order valence-electron chi connectivity index (χ3n) is 8.30. The molecule has 3 aromatic heterocycles. The van der Waals surface area contributed by atoms with Gasteiger partial charge in [0.05, 0.1) is 24.0 Å². The summed E-state index contributed by atoms with van der Waals surface area (Å²) in [6.45, 7) is 7.29. The van der Waals surface area contributed by atoms with Crippen molar-refractivity contribution in [2.24, 2.45) is 16.8 Å². The number of aromatic nitrogens is 5. The number of rotatable bonds is 7. The summed E-state index contributed by atoms with van der Waals surface area (Å²) >= 11 is 0. The predicted molar refractivity (Wildman–Crippen MR) is 145 cm³/mol. The van der Waals surface area contributed by atoms with Crippen LogP contribution in [0.5, 0.6) is 0 Å². The fraction of sp³-hybridized carbons (Fsp3) is 0.643. The largest absolute Gasteiger partial charge is 0.460 e. The number of likely N-dealkylation sites (tertiary alicyclic amines) is 1. The summed E-state index contributed by atoms with van der Waals surface area (Å²) in [5.41, 5.74) is 4.15. The smallest absolute Gasteiger partial charge is 0.288 e. The molecule has 0 amide bonds. The van der Waals surface area contributed by atoms with E-state index >= 15 is 0 Å². The molecule has 2 N–H and O–H groups in total. The Hall–Kier alpha value is -2.94. The highest BCUT2D eigenvalue weighted by molar-refractivity contribution is 5.93. The molecule has 2 aliphatic heterocycles. The van der Waals surface area contributed by atoms with E-state index in [2.05, 4.69) is 51.1 Å². The first-order valence-electron chi connectivity index (χ1n) is 14.1. The molecule has 3 aliphatic rings. The Morgan fingerprint density at radius 3 is 2.92 bits per heavy atom. The molecule has 198 valence electrons. The number of hydrogen-bond donors (Lipinski definition) is 2. The number of ether oxygens (including phenoxy) is 1. The van der Waals surface area contributed by atoms with Gasteiger partial charge in [-0.3, -0.25) is 4.68 Å². The van der Waals surface area contributed by atoms with Gasteiger partial charge >= 0.3 is 0 Å². The SMILES string of the molecule is CNCC(C1CCN(C2=NC3CCCCCC3O2)C1)n1cc(-c2ncnc3[nH]cc(CC(C)C)c23)cn1. The van der Waals surface area contributed by atoms with Crippen molar-refractivity contribution in [1.29, 1.82) is 0 Å². The fourth-order valence-corrected chi connectivity index (χ4v) is 6.45.